The first kappa shape index (κ1) is 20.5. The van der Waals surface area contributed by atoms with Crippen LogP contribution in [0.3, 0.4) is 0 Å². The van der Waals surface area contributed by atoms with E-state index in [1.54, 1.807) is 0 Å². The maximum Gasteiger partial charge on any atom is 0.184 e. The van der Waals surface area contributed by atoms with Crippen molar-refractivity contribution in [2.45, 2.75) is 83.1 Å². The summed E-state index contributed by atoms with van der Waals surface area (Å²) in [4.78, 5) is 0. The first-order chi connectivity index (χ1) is 13.4. The van der Waals surface area contributed by atoms with Crippen LogP contribution in [0.4, 0.5) is 0 Å². The average molecular weight is 375 g/mol. The lowest BCUT2D eigenvalue weighted by molar-refractivity contribution is -0.283. The van der Waals surface area contributed by atoms with Crippen LogP contribution in [0.15, 0.2) is 42.5 Å². The Bertz CT molecular complexity index is 545. The summed E-state index contributed by atoms with van der Waals surface area (Å²) >= 11 is 0. The van der Waals surface area contributed by atoms with Crippen molar-refractivity contribution in [3.05, 3.63) is 48.0 Å². The first-order valence-corrected chi connectivity index (χ1v) is 10.6. The van der Waals surface area contributed by atoms with Crippen LogP contribution in [0, 0.1) is 0 Å². The molecule has 0 aliphatic carbocycles. The highest BCUT2D eigenvalue weighted by molar-refractivity contribution is 5.17. The second-order valence-electron chi connectivity index (χ2n) is 7.45. The maximum absolute atomic E-state index is 6.03. The van der Waals surface area contributed by atoms with Gasteiger partial charge in [-0.3, -0.25) is 0 Å². The topological polar surface area (TPSA) is 36.9 Å². The first-order valence-electron chi connectivity index (χ1n) is 10.6. The molecular weight excluding hydrogens is 340 g/mol. The summed E-state index contributed by atoms with van der Waals surface area (Å²) in [5, 5.41) is 0. The Morgan fingerprint density at radius 2 is 1.63 bits per heavy atom. The van der Waals surface area contributed by atoms with Crippen LogP contribution < -0.4 is 0 Å². The number of rotatable bonds is 11. The molecule has 4 nitrogen and oxygen atoms in total. The zero-order valence-electron chi connectivity index (χ0n) is 16.6. The summed E-state index contributed by atoms with van der Waals surface area (Å²) in [6.45, 7) is 3.52. The van der Waals surface area contributed by atoms with Crippen molar-refractivity contribution in [1.29, 1.82) is 0 Å². The summed E-state index contributed by atoms with van der Waals surface area (Å²) in [5.41, 5.74) is 1.04. The van der Waals surface area contributed by atoms with Crippen LogP contribution in [0.2, 0.25) is 0 Å². The molecule has 4 atom stereocenters. The fourth-order valence-electron chi connectivity index (χ4n) is 3.57. The predicted molar refractivity (Wildman–Crippen MR) is 106 cm³/mol. The van der Waals surface area contributed by atoms with Gasteiger partial charge in [0.25, 0.3) is 0 Å². The smallest absolute Gasteiger partial charge is 0.184 e. The molecule has 0 bridgehead atoms. The number of benzene rings is 1. The zero-order chi connectivity index (χ0) is 18.7. The molecule has 3 rings (SSSR count). The summed E-state index contributed by atoms with van der Waals surface area (Å²) in [6, 6.07) is 10.0. The number of ether oxygens (including phenoxy) is 4. The minimum absolute atomic E-state index is 0.0769. The van der Waals surface area contributed by atoms with Crippen molar-refractivity contribution in [2.24, 2.45) is 0 Å². The van der Waals surface area contributed by atoms with Crippen LogP contribution in [0.5, 0.6) is 0 Å². The summed E-state index contributed by atoms with van der Waals surface area (Å²) in [5.74, 6) is 0. The second kappa shape index (κ2) is 11.6. The Morgan fingerprint density at radius 1 is 0.889 bits per heavy atom. The third kappa shape index (κ3) is 6.72. The lowest BCUT2D eigenvalue weighted by Gasteiger charge is -2.38. The second-order valence-corrected chi connectivity index (χ2v) is 7.45. The monoisotopic (exact) mass is 374 g/mol. The van der Waals surface area contributed by atoms with E-state index in [0.717, 1.165) is 18.6 Å². The van der Waals surface area contributed by atoms with Gasteiger partial charge in [0, 0.05) is 5.56 Å². The molecule has 0 amide bonds. The maximum atomic E-state index is 6.03. The van der Waals surface area contributed by atoms with Crippen LogP contribution in [-0.4, -0.2) is 31.7 Å². The van der Waals surface area contributed by atoms with Crippen molar-refractivity contribution in [3.8, 4) is 0 Å². The lowest BCUT2D eigenvalue weighted by atomic mass is 10.1. The van der Waals surface area contributed by atoms with Crippen molar-refractivity contribution < 1.29 is 18.9 Å². The molecule has 1 aromatic rings. The van der Waals surface area contributed by atoms with Gasteiger partial charge < -0.3 is 18.9 Å². The van der Waals surface area contributed by atoms with Crippen molar-refractivity contribution in [3.63, 3.8) is 0 Å². The summed E-state index contributed by atoms with van der Waals surface area (Å²) in [6.07, 6.45) is 13.7. The van der Waals surface area contributed by atoms with Crippen LogP contribution in [-0.2, 0) is 18.9 Å². The van der Waals surface area contributed by atoms with E-state index in [1.807, 2.05) is 36.4 Å². The van der Waals surface area contributed by atoms with E-state index < -0.39 is 0 Å². The molecule has 4 heteroatoms. The lowest BCUT2D eigenvalue weighted by Crippen LogP contribution is -2.45. The Morgan fingerprint density at radius 3 is 2.41 bits per heavy atom. The molecule has 2 aliphatic heterocycles. The van der Waals surface area contributed by atoms with Crippen LogP contribution in [0.25, 0.3) is 0 Å². The van der Waals surface area contributed by atoms with E-state index in [1.165, 1.54) is 44.9 Å². The minimum atomic E-state index is -0.324. The number of fused-ring (bicyclic) bond motifs is 1. The Hall–Kier alpha value is -1.20. The van der Waals surface area contributed by atoms with Gasteiger partial charge in [-0.2, -0.15) is 0 Å². The molecule has 1 fully saturated rings. The molecule has 0 spiro atoms. The highest BCUT2D eigenvalue weighted by Crippen LogP contribution is 2.30. The fraction of sp³-hybridized carbons (Fsp3) is 0.652. The molecule has 0 N–H and O–H groups in total. The molecule has 0 radical (unpaired) electrons. The predicted octanol–water partition coefficient (Wildman–Crippen LogP) is 5.54. The molecule has 2 aliphatic rings. The largest absolute Gasteiger partial charge is 0.349 e. The Labute approximate surface area is 163 Å². The molecule has 150 valence electrons. The Kier molecular flexibility index (Phi) is 8.82. The van der Waals surface area contributed by atoms with E-state index in [9.17, 15) is 0 Å². The van der Waals surface area contributed by atoms with E-state index in [0.29, 0.717) is 6.61 Å². The quantitative estimate of drug-likeness (QED) is 0.376. The van der Waals surface area contributed by atoms with E-state index in [-0.39, 0.29) is 24.8 Å². The van der Waals surface area contributed by atoms with E-state index >= 15 is 0 Å². The standard InChI is InChI=1S/C23H34O4/c1-2-3-4-5-6-7-8-12-17-24-22-16-15-20-21(26-22)18-25-23(27-20)19-13-10-9-11-14-19/h9-11,13-16,20-23H,2-8,12,17-18H2,1H3. The molecule has 0 saturated carbocycles. The van der Waals surface area contributed by atoms with Crippen molar-refractivity contribution >= 4 is 0 Å². The Balaban J connectivity index is 1.30. The van der Waals surface area contributed by atoms with Gasteiger partial charge in [0.05, 0.1) is 13.2 Å². The van der Waals surface area contributed by atoms with Gasteiger partial charge in [-0.1, -0.05) is 88.3 Å². The highest BCUT2D eigenvalue weighted by atomic mass is 16.7. The van der Waals surface area contributed by atoms with Gasteiger partial charge >= 0.3 is 0 Å². The van der Waals surface area contributed by atoms with Gasteiger partial charge in [0.2, 0.25) is 0 Å². The molecule has 4 unspecified atom stereocenters. The third-order valence-electron chi connectivity index (χ3n) is 5.18. The van der Waals surface area contributed by atoms with Gasteiger partial charge in [-0.15, -0.1) is 0 Å². The number of unbranched alkanes of at least 4 members (excludes halogenated alkanes) is 7. The SMILES string of the molecule is CCCCCCCCCCOC1C=CC2OC(c3ccccc3)OCC2O1. The van der Waals surface area contributed by atoms with Gasteiger partial charge in [0.15, 0.2) is 12.6 Å². The normalized spacial score (nSPS) is 27.4. The molecule has 1 aromatic carbocycles. The van der Waals surface area contributed by atoms with E-state index in [4.69, 9.17) is 18.9 Å². The summed E-state index contributed by atoms with van der Waals surface area (Å²) in [7, 11) is 0. The van der Waals surface area contributed by atoms with Gasteiger partial charge in [-0.25, -0.2) is 0 Å². The van der Waals surface area contributed by atoms with E-state index in [2.05, 4.69) is 13.0 Å². The molecule has 27 heavy (non-hydrogen) atoms. The number of hydrogen-bond donors (Lipinski definition) is 0. The molecule has 2 heterocycles. The van der Waals surface area contributed by atoms with Crippen molar-refractivity contribution in [1.82, 2.24) is 0 Å². The minimum Gasteiger partial charge on any atom is -0.349 e. The third-order valence-corrected chi connectivity index (χ3v) is 5.18. The summed E-state index contributed by atoms with van der Waals surface area (Å²) < 4.78 is 23.7. The average Bonchev–Trinajstić information content (AvgIpc) is 2.73. The molecular formula is C23H34O4. The zero-order valence-corrected chi connectivity index (χ0v) is 16.6. The van der Waals surface area contributed by atoms with Gasteiger partial charge in [-0.05, 0) is 12.5 Å². The van der Waals surface area contributed by atoms with Gasteiger partial charge in [0.1, 0.15) is 12.2 Å². The number of hydrogen-bond acceptors (Lipinski definition) is 4. The van der Waals surface area contributed by atoms with Crippen molar-refractivity contribution in [2.75, 3.05) is 13.2 Å². The molecule has 1 saturated heterocycles. The van der Waals surface area contributed by atoms with Crippen LogP contribution in [0.1, 0.15) is 70.1 Å². The highest BCUT2D eigenvalue weighted by Gasteiger charge is 2.35. The molecule has 0 aromatic heterocycles. The van der Waals surface area contributed by atoms with Crippen LogP contribution >= 0.6 is 0 Å². The fourth-order valence-corrected chi connectivity index (χ4v) is 3.57.